The van der Waals surface area contributed by atoms with Gasteiger partial charge in [-0.05, 0) is 29.1 Å². The molecular formula is C16H11F3N2O. The lowest BCUT2D eigenvalue weighted by atomic mass is 10.0. The largest absolute Gasteiger partial charge is 0.416 e. The van der Waals surface area contributed by atoms with Gasteiger partial charge in [-0.15, -0.1) is 0 Å². The highest BCUT2D eigenvalue weighted by Crippen LogP contribution is 2.32. The number of aromatic nitrogens is 2. The van der Waals surface area contributed by atoms with E-state index in [-0.39, 0.29) is 5.56 Å². The molecule has 0 aliphatic rings. The monoisotopic (exact) mass is 304 g/mol. The first-order chi connectivity index (χ1) is 10.4. The Morgan fingerprint density at radius 3 is 2.32 bits per heavy atom. The number of halogens is 3. The van der Waals surface area contributed by atoms with E-state index in [4.69, 9.17) is 0 Å². The molecule has 0 aliphatic carbocycles. The maximum atomic E-state index is 12.6. The average Bonchev–Trinajstić information content (AvgIpc) is 2.50. The third-order valence-corrected chi connectivity index (χ3v) is 3.53. The number of pyridine rings is 2. The van der Waals surface area contributed by atoms with Crippen LogP contribution >= 0.6 is 0 Å². The molecule has 1 aromatic carbocycles. The summed E-state index contributed by atoms with van der Waals surface area (Å²) < 4.78 is 39.3. The summed E-state index contributed by atoms with van der Waals surface area (Å²) in [4.78, 5) is 16.1. The number of fused-ring (bicyclic) bond motifs is 1. The van der Waals surface area contributed by atoms with E-state index in [0.29, 0.717) is 21.9 Å². The minimum absolute atomic E-state index is 0.196. The van der Waals surface area contributed by atoms with E-state index in [0.717, 1.165) is 12.1 Å². The second kappa shape index (κ2) is 4.98. The highest BCUT2D eigenvalue weighted by Gasteiger charge is 2.30. The molecule has 0 bridgehead atoms. The minimum atomic E-state index is -4.37. The Morgan fingerprint density at radius 1 is 1.00 bits per heavy atom. The molecule has 0 amide bonds. The van der Waals surface area contributed by atoms with Crippen LogP contribution in [0.4, 0.5) is 13.2 Å². The molecule has 2 aromatic heterocycles. The first-order valence-corrected chi connectivity index (χ1v) is 6.49. The van der Waals surface area contributed by atoms with E-state index >= 15 is 0 Å². The number of alkyl halides is 3. The summed E-state index contributed by atoms with van der Waals surface area (Å²) in [5.74, 6) is 0. The number of benzene rings is 1. The zero-order valence-electron chi connectivity index (χ0n) is 11.6. The number of rotatable bonds is 1. The molecule has 0 radical (unpaired) electrons. The molecule has 112 valence electrons. The van der Waals surface area contributed by atoms with Crippen molar-refractivity contribution in [3.63, 3.8) is 0 Å². The molecule has 0 unspecified atom stereocenters. The van der Waals surface area contributed by atoms with E-state index in [1.165, 1.54) is 22.9 Å². The van der Waals surface area contributed by atoms with Crippen LogP contribution in [0.1, 0.15) is 5.56 Å². The maximum Gasteiger partial charge on any atom is 0.416 e. The van der Waals surface area contributed by atoms with Gasteiger partial charge in [-0.1, -0.05) is 12.1 Å². The molecular weight excluding hydrogens is 293 g/mol. The summed E-state index contributed by atoms with van der Waals surface area (Å²) >= 11 is 0. The van der Waals surface area contributed by atoms with Crippen molar-refractivity contribution < 1.29 is 13.2 Å². The molecule has 0 saturated carbocycles. The van der Waals surface area contributed by atoms with Crippen LogP contribution in [0.5, 0.6) is 0 Å². The summed E-state index contributed by atoms with van der Waals surface area (Å²) in [7, 11) is 1.63. The van der Waals surface area contributed by atoms with Gasteiger partial charge in [0.2, 0.25) is 0 Å². The van der Waals surface area contributed by atoms with Crippen LogP contribution in [-0.4, -0.2) is 9.55 Å². The zero-order chi connectivity index (χ0) is 15.9. The van der Waals surface area contributed by atoms with Crippen LogP contribution in [0.25, 0.3) is 21.9 Å². The van der Waals surface area contributed by atoms with E-state index in [1.807, 2.05) is 0 Å². The Morgan fingerprint density at radius 2 is 1.68 bits per heavy atom. The van der Waals surface area contributed by atoms with Gasteiger partial charge in [0.1, 0.15) is 0 Å². The molecule has 3 aromatic rings. The van der Waals surface area contributed by atoms with Crippen molar-refractivity contribution in [2.24, 2.45) is 7.05 Å². The van der Waals surface area contributed by atoms with Gasteiger partial charge in [0, 0.05) is 31.2 Å². The number of hydrogen-bond donors (Lipinski definition) is 0. The first kappa shape index (κ1) is 14.3. The van der Waals surface area contributed by atoms with Crippen molar-refractivity contribution in [1.82, 2.24) is 9.55 Å². The molecule has 6 heteroatoms. The molecule has 0 spiro atoms. The van der Waals surface area contributed by atoms with Crippen LogP contribution in [0, 0.1) is 0 Å². The first-order valence-electron chi connectivity index (χ1n) is 6.49. The van der Waals surface area contributed by atoms with E-state index < -0.39 is 11.7 Å². The van der Waals surface area contributed by atoms with Crippen LogP contribution in [0.3, 0.4) is 0 Å². The maximum absolute atomic E-state index is 12.6. The minimum Gasteiger partial charge on any atom is -0.318 e. The van der Waals surface area contributed by atoms with Crippen LogP contribution in [0.15, 0.2) is 53.7 Å². The summed E-state index contributed by atoms with van der Waals surface area (Å²) in [6.45, 7) is 0. The SMILES string of the molecule is Cn1ccc2c(-c3ccc(C(F)(F)F)cc3)cncc2c1=O. The molecule has 3 rings (SSSR count). The summed E-state index contributed by atoms with van der Waals surface area (Å²) in [6, 6.07) is 6.57. The number of hydrogen-bond acceptors (Lipinski definition) is 2. The van der Waals surface area contributed by atoms with Crippen molar-refractivity contribution in [3.8, 4) is 11.1 Å². The summed E-state index contributed by atoms with van der Waals surface area (Å²) in [5, 5.41) is 1.10. The van der Waals surface area contributed by atoms with Crippen molar-refractivity contribution >= 4 is 10.8 Å². The lowest BCUT2D eigenvalue weighted by molar-refractivity contribution is -0.137. The van der Waals surface area contributed by atoms with Gasteiger partial charge in [-0.2, -0.15) is 13.2 Å². The standard InChI is InChI=1S/C16H11F3N2O/c1-21-7-6-12-13(8-20-9-14(12)15(21)22)10-2-4-11(5-3-10)16(17,18)19/h2-9H,1H3. The Kier molecular flexibility index (Phi) is 3.24. The van der Waals surface area contributed by atoms with Crippen LogP contribution in [0.2, 0.25) is 0 Å². The Balaban J connectivity index is 2.19. The average molecular weight is 304 g/mol. The molecule has 3 nitrogen and oxygen atoms in total. The topological polar surface area (TPSA) is 34.9 Å². The smallest absolute Gasteiger partial charge is 0.318 e. The third-order valence-electron chi connectivity index (χ3n) is 3.53. The summed E-state index contributed by atoms with van der Waals surface area (Å²) in [5.41, 5.74) is 0.308. The second-order valence-electron chi connectivity index (χ2n) is 4.96. The lowest BCUT2D eigenvalue weighted by Gasteiger charge is -2.10. The van der Waals surface area contributed by atoms with Crippen molar-refractivity contribution in [3.05, 3.63) is 64.8 Å². The predicted molar refractivity (Wildman–Crippen MR) is 77.4 cm³/mol. The van der Waals surface area contributed by atoms with E-state index in [1.54, 1.807) is 25.5 Å². The van der Waals surface area contributed by atoms with Crippen LogP contribution in [-0.2, 0) is 13.2 Å². The Bertz CT molecular complexity index is 896. The van der Waals surface area contributed by atoms with Gasteiger partial charge < -0.3 is 4.57 Å². The van der Waals surface area contributed by atoms with Crippen LogP contribution < -0.4 is 5.56 Å². The van der Waals surface area contributed by atoms with Gasteiger partial charge in [0.15, 0.2) is 0 Å². The Hall–Kier alpha value is -2.63. The van der Waals surface area contributed by atoms with Gasteiger partial charge in [-0.25, -0.2) is 0 Å². The van der Waals surface area contributed by atoms with Crippen molar-refractivity contribution in [2.45, 2.75) is 6.18 Å². The van der Waals surface area contributed by atoms with Gasteiger partial charge in [0.25, 0.3) is 5.56 Å². The van der Waals surface area contributed by atoms with Gasteiger partial charge in [0.05, 0.1) is 10.9 Å². The fraction of sp³-hybridized carbons (Fsp3) is 0.125. The molecule has 0 aliphatic heterocycles. The second-order valence-corrected chi connectivity index (χ2v) is 4.96. The van der Waals surface area contributed by atoms with Gasteiger partial charge >= 0.3 is 6.18 Å². The normalized spacial score (nSPS) is 11.8. The van der Waals surface area contributed by atoms with Crippen molar-refractivity contribution in [1.29, 1.82) is 0 Å². The molecule has 22 heavy (non-hydrogen) atoms. The highest BCUT2D eigenvalue weighted by atomic mass is 19.4. The van der Waals surface area contributed by atoms with E-state index in [9.17, 15) is 18.0 Å². The quantitative estimate of drug-likeness (QED) is 0.688. The molecule has 0 saturated heterocycles. The fourth-order valence-electron chi connectivity index (χ4n) is 2.33. The van der Waals surface area contributed by atoms with E-state index in [2.05, 4.69) is 4.98 Å². The molecule has 0 N–H and O–H groups in total. The number of aryl methyl sites for hydroxylation is 1. The van der Waals surface area contributed by atoms with Crippen molar-refractivity contribution in [2.75, 3.05) is 0 Å². The fourth-order valence-corrected chi connectivity index (χ4v) is 2.33. The zero-order valence-corrected chi connectivity index (χ0v) is 11.6. The van der Waals surface area contributed by atoms with Gasteiger partial charge in [-0.3, -0.25) is 9.78 Å². The predicted octanol–water partition coefficient (Wildman–Crippen LogP) is 3.62. The Labute approximate surface area is 123 Å². The molecule has 0 fully saturated rings. The molecule has 0 atom stereocenters. The highest BCUT2D eigenvalue weighted by molar-refractivity contribution is 5.95. The molecule has 2 heterocycles. The lowest BCUT2D eigenvalue weighted by Crippen LogP contribution is -2.15. The third kappa shape index (κ3) is 2.36. The summed E-state index contributed by atoms with van der Waals surface area (Å²) in [6.07, 6.45) is 0.263. The number of nitrogens with zero attached hydrogens (tertiary/aromatic N) is 2.